The summed E-state index contributed by atoms with van der Waals surface area (Å²) in [6.07, 6.45) is 2.09. The maximum absolute atomic E-state index is 17.9. The van der Waals surface area contributed by atoms with Crippen molar-refractivity contribution in [2.45, 2.75) is 174 Å². The number of hydrogen-bond donors (Lipinski definition) is 7. The van der Waals surface area contributed by atoms with Crippen molar-refractivity contribution in [1.82, 2.24) is 10.2 Å². The van der Waals surface area contributed by atoms with Crippen LogP contribution in [0, 0.1) is 52.3 Å². The lowest BCUT2D eigenvalue weighted by Crippen LogP contribution is -2.67. The van der Waals surface area contributed by atoms with Gasteiger partial charge in [0.25, 0.3) is 5.91 Å². The van der Waals surface area contributed by atoms with Crippen LogP contribution in [0.3, 0.4) is 0 Å². The van der Waals surface area contributed by atoms with Crippen molar-refractivity contribution in [3.63, 3.8) is 0 Å². The standard InChI is InChI=1S/C46H75FN2O10/c1-12-35-44(11,57)38(53)30(7)49(24-25(2)22-43(10,56)37(52)28(5)36(51)29(6)39(54)59-35)19-13-18-48-40(55)46(58)26(3)20-34-33-15-14-31-21-32(50)16-17-41(31,8)45(33,47)27(4)23-42(34,46)9/h14,16-17,25-30,33-38,51-53,56-58H,12-13,15,18-24H2,1-11H3,(H,48,55)/t25-,26-,27+,28+,29-,30-,33?,34?,35-,36+,37-,38-,41+,42+,43-,44-,45-,46+/m1/s1. The number of nitrogens with one attached hydrogen (secondary N) is 1. The van der Waals surface area contributed by atoms with Crippen LogP contribution in [0.5, 0.6) is 0 Å². The molecular weight excluding hydrogens is 760 g/mol. The van der Waals surface area contributed by atoms with Gasteiger partial charge in [0.1, 0.15) is 23.5 Å². The molecule has 7 N–H and O–H groups in total. The molecule has 13 heteroatoms. The molecule has 2 unspecified atom stereocenters. The molecule has 1 amide bonds. The lowest BCUT2D eigenvalue weighted by molar-refractivity contribution is -0.195. The number of nitrogens with zero attached hydrogens (tertiary/aromatic N) is 1. The zero-order valence-electron chi connectivity index (χ0n) is 37.4. The van der Waals surface area contributed by atoms with Crippen LogP contribution < -0.4 is 5.32 Å². The Balaban J connectivity index is 1.34. The Hall–Kier alpha value is -2.26. The number of alkyl halides is 1. The fourth-order valence-corrected chi connectivity index (χ4v) is 12.9. The largest absolute Gasteiger partial charge is 0.459 e. The second-order valence-electron chi connectivity index (χ2n) is 20.6. The average molecular weight is 835 g/mol. The topological polar surface area (TPSA) is 197 Å². The van der Waals surface area contributed by atoms with Gasteiger partial charge in [0.2, 0.25) is 0 Å². The first-order valence-corrected chi connectivity index (χ1v) is 22.2. The predicted octanol–water partition coefficient (Wildman–Crippen LogP) is 4.02. The highest BCUT2D eigenvalue weighted by molar-refractivity contribution is 5.93. The van der Waals surface area contributed by atoms with E-state index < -0.39 is 105 Å². The van der Waals surface area contributed by atoms with Gasteiger partial charge in [-0.25, -0.2) is 4.39 Å². The normalized spacial score (nSPS) is 50.0. The van der Waals surface area contributed by atoms with Gasteiger partial charge in [-0.1, -0.05) is 59.3 Å². The van der Waals surface area contributed by atoms with Gasteiger partial charge in [-0.3, -0.25) is 19.3 Å². The number of aliphatic hydroxyl groups excluding tert-OH is 3. The van der Waals surface area contributed by atoms with Gasteiger partial charge in [-0.2, -0.15) is 0 Å². The summed E-state index contributed by atoms with van der Waals surface area (Å²) in [7, 11) is 0. The Bertz CT molecular complexity index is 1650. The van der Waals surface area contributed by atoms with Crippen LogP contribution >= 0.6 is 0 Å². The van der Waals surface area contributed by atoms with Crippen molar-refractivity contribution in [3.05, 3.63) is 23.8 Å². The second-order valence-corrected chi connectivity index (χ2v) is 20.6. The van der Waals surface area contributed by atoms with Crippen molar-refractivity contribution >= 4 is 17.7 Å². The lowest BCUT2D eigenvalue weighted by atomic mass is 9.43. The minimum Gasteiger partial charge on any atom is -0.459 e. The van der Waals surface area contributed by atoms with Gasteiger partial charge >= 0.3 is 5.97 Å². The molecule has 0 aromatic heterocycles. The summed E-state index contributed by atoms with van der Waals surface area (Å²) in [5.41, 5.74) is -8.00. The first-order chi connectivity index (χ1) is 27.2. The molecule has 12 nitrogen and oxygen atoms in total. The quantitative estimate of drug-likeness (QED) is 0.116. The van der Waals surface area contributed by atoms with Gasteiger partial charge < -0.3 is 40.7 Å². The first-order valence-electron chi connectivity index (χ1n) is 22.2. The number of carbonyl (C=O) groups excluding carboxylic acids is 3. The third kappa shape index (κ3) is 7.79. The average Bonchev–Trinajstić information content (AvgIpc) is 3.37. The van der Waals surface area contributed by atoms with Crippen LogP contribution in [0.1, 0.15) is 121 Å². The molecule has 0 spiro atoms. The molecule has 3 fully saturated rings. The smallest absolute Gasteiger partial charge is 0.311 e. The summed E-state index contributed by atoms with van der Waals surface area (Å²) in [6.45, 7) is 19.7. The third-order valence-corrected chi connectivity index (χ3v) is 16.6. The van der Waals surface area contributed by atoms with E-state index in [1.807, 2.05) is 45.6 Å². The van der Waals surface area contributed by atoms with E-state index in [1.165, 1.54) is 26.8 Å². The van der Waals surface area contributed by atoms with Crippen molar-refractivity contribution in [3.8, 4) is 0 Å². The molecule has 0 aromatic carbocycles. The SMILES string of the molecule is CC[C@H]1OC(=O)[C@H](C)[C@@H](O)[C@H](C)[C@@H](O)[C@](C)(O)C[C@@H](C)CN(CCCNC(=O)[C@@]2(O)[C@H](C)CC3C4CC=C5CC(=O)C=C[C@]5(C)[C@@]4(F)[C@@H](C)C[C@@]32C)[C@H](C)[C@@H](O)[C@]1(C)O. The van der Waals surface area contributed by atoms with Crippen LogP contribution in [-0.2, 0) is 19.1 Å². The van der Waals surface area contributed by atoms with Crippen LogP contribution in [0.15, 0.2) is 23.8 Å². The van der Waals surface area contributed by atoms with E-state index in [9.17, 15) is 45.0 Å². The van der Waals surface area contributed by atoms with Crippen molar-refractivity contribution in [2.24, 2.45) is 52.3 Å². The number of rotatable bonds is 6. The van der Waals surface area contributed by atoms with Gasteiger partial charge in [-0.15, -0.1) is 0 Å². The number of fused-ring (bicyclic) bond motifs is 5. The molecule has 18 atom stereocenters. The monoisotopic (exact) mass is 835 g/mol. The number of cyclic esters (lactones) is 1. The summed E-state index contributed by atoms with van der Waals surface area (Å²) in [5.74, 6) is -5.26. The zero-order valence-corrected chi connectivity index (χ0v) is 37.4. The number of amides is 1. The number of aliphatic hydroxyl groups is 6. The van der Waals surface area contributed by atoms with Crippen LogP contribution in [0.4, 0.5) is 4.39 Å². The Morgan fingerprint density at radius 2 is 1.59 bits per heavy atom. The Morgan fingerprint density at radius 1 is 0.949 bits per heavy atom. The van der Waals surface area contributed by atoms with Crippen LogP contribution in [0.2, 0.25) is 0 Å². The Morgan fingerprint density at radius 3 is 2.22 bits per heavy atom. The molecule has 5 rings (SSSR count). The Labute approximate surface area is 351 Å². The number of hydrogen-bond acceptors (Lipinski definition) is 11. The number of carbonyl (C=O) groups is 3. The van der Waals surface area contributed by atoms with E-state index in [0.29, 0.717) is 38.8 Å². The first kappa shape index (κ1) is 47.8. The number of halogens is 1. The summed E-state index contributed by atoms with van der Waals surface area (Å²) >= 11 is 0. The highest BCUT2D eigenvalue weighted by atomic mass is 19.1. The molecule has 336 valence electrons. The maximum Gasteiger partial charge on any atom is 0.311 e. The van der Waals surface area contributed by atoms with E-state index in [1.54, 1.807) is 26.8 Å². The Kier molecular flexibility index (Phi) is 13.6. The summed E-state index contributed by atoms with van der Waals surface area (Å²) in [4.78, 5) is 41.8. The van der Waals surface area contributed by atoms with E-state index >= 15 is 4.39 Å². The number of esters is 1. The van der Waals surface area contributed by atoms with Crippen molar-refractivity contribution in [2.75, 3.05) is 19.6 Å². The van der Waals surface area contributed by atoms with Gasteiger partial charge in [0.05, 0.1) is 23.7 Å². The van der Waals surface area contributed by atoms with E-state index in [4.69, 9.17) is 4.74 Å². The molecule has 1 aliphatic heterocycles. The summed E-state index contributed by atoms with van der Waals surface area (Å²) < 4.78 is 23.6. The minimum absolute atomic E-state index is 0.0304. The fraction of sp³-hybridized carbons (Fsp3) is 0.848. The summed E-state index contributed by atoms with van der Waals surface area (Å²) in [5, 5.41) is 72.9. The molecule has 0 aromatic rings. The molecule has 2 saturated carbocycles. The zero-order chi connectivity index (χ0) is 44.4. The highest BCUT2D eigenvalue weighted by Gasteiger charge is 2.74. The third-order valence-electron chi connectivity index (χ3n) is 16.6. The molecule has 0 bridgehead atoms. The highest BCUT2D eigenvalue weighted by Crippen LogP contribution is 2.71. The number of ether oxygens (including phenoxy) is 1. The molecule has 4 aliphatic carbocycles. The number of ketones is 1. The van der Waals surface area contributed by atoms with Crippen LogP contribution in [-0.4, -0.2) is 126 Å². The van der Waals surface area contributed by atoms with E-state index in [0.717, 1.165) is 5.57 Å². The molecular formula is C46H75FN2O10. The molecule has 5 aliphatic rings. The molecule has 1 heterocycles. The molecule has 0 radical (unpaired) electrons. The van der Waals surface area contributed by atoms with E-state index in [-0.39, 0.29) is 43.4 Å². The minimum atomic E-state index is -1.90. The van der Waals surface area contributed by atoms with Gasteiger partial charge in [0.15, 0.2) is 11.4 Å². The summed E-state index contributed by atoms with van der Waals surface area (Å²) in [6, 6.07) is -0.703. The second kappa shape index (κ2) is 16.8. The van der Waals surface area contributed by atoms with Gasteiger partial charge in [-0.05, 0) is 103 Å². The molecule has 1 saturated heterocycles. The predicted molar refractivity (Wildman–Crippen MR) is 221 cm³/mol. The van der Waals surface area contributed by atoms with Crippen LogP contribution in [0.25, 0.3) is 0 Å². The maximum atomic E-state index is 17.9. The van der Waals surface area contributed by atoms with Crippen molar-refractivity contribution < 1.29 is 54.2 Å². The van der Waals surface area contributed by atoms with Crippen molar-refractivity contribution in [1.29, 1.82) is 0 Å². The van der Waals surface area contributed by atoms with E-state index in [2.05, 4.69) is 5.32 Å². The van der Waals surface area contributed by atoms with Gasteiger partial charge in [0, 0.05) is 54.8 Å². The fourth-order valence-electron chi connectivity index (χ4n) is 12.9. The molecule has 59 heavy (non-hydrogen) atoms. The lowest BCUT2D eigenvalue weighted by Gasteiger charge is -2.62. The number of allylic oxidation sites excluding steroid dienone is 4.